The predicted octanol–water partition coefficient (Wildman–Crippen LogP) is 1.40. The Morgan fingerprint density at radius 2 is 1.81 bits per heavy atom. The Labute approximate surface area is 156 Å². The predicted molar refractivity (Wildman–Crippen MR) is 100 cm³/mol. The molecule has 27 heavy (non-hydrogen) atoms. The summed E-state index contributed by atoms with van der Waals surface area (Å²) < 4.78 is 1.70. The molecule has 2 aliphatic rings. The van der Waals surface area contributed by atoms with Gasteiger partial charge in [-0.1, -0.05) is 30.3 Å². The Bertz CT molecular complexity index is 943. The van der Waals surface area contributed by atoms with Crippen LogP contribution in [0.25, 0.3) is 5.65 Å². The van der Waals surface area contributed by atoms with Gasteiger partial charge >= 0.3 is 6.03 Å². The van der Waals surface area contributed by atoms with Gasteiger partial charge in [-0.05, 0) is 17.7 Å². The van der Waals surface area contributed by atoms with Crippen molar-refractivity contribution in [1.82, 2.24) is 30.0 Å². The molecule has 2 saturated heterocycles. The van der Waals surface area contributed by atoms with Gasteiger partial charge in [-0.2, -0.15) is 4.52 Å². The van der Waals surface area contributed by atoms with Crippen LogP contribution in [-0.4, -0.2) is 56.9 Å². The lowest BCUT2D eigenvalue weighted by atomic mass is 10.0. The second-order valence-electron chi connectivity index (χ2n) is 7.30. The smallest absolute Gasteiger partial charge is 0.317 e. The molecule has 1 N–H and O–H groups in total. The number of likely N-dealkylation sites (tertiary alicyclic amines) is 1. The highest BCUT2D eigenvalue weighted by Gasteiger charge is 2.42. The summed E-state index contributed by atoms with van der Waals surface area (Å²) in [6.07, 6.45) is 1.62. The van der Waals surface area contributed by atoms with E-state index in [-0.39, 0.29) is 6.03 Å². The molecular weight excluding hydrogens is 342 g/mol. The van der Waals surface area contributed by atoms with Crippen molar-refractivity contribution in [2.45, 2.75) is 6.54 Å². The Balaban J connectivity index is 1.18. The Kier molecular flexibility index (Phi) is 3.88. The lowest BCUT2D eigenvalue weighted by molar-refractivity contribution is 0.205. The van der Waals surface area contributed by atoms with Gasteiger partial charge in [0, 0.05) is 44.6 Å². The zero-order valence-electron chi connectivity index (χ0n) is 14.9. The minimum atomic E-state index is 0.0313. The van der Waals surface area contributed by atoms with E-state index in [9.17, 15) is 4.79 Å². The number of nitrogens with one attached hydrogen (secondary N) is 1. The molecule has 3 aromatic rings. The molecule has 2 fully saturated rings. The number of rotatable bonds is 3. The van der Waals surface area contributed by atoms with Crippen LogP contribution in [0.2, 0.25) is 0 Å². The average Bonchev–Trinajstić information content (AvgIpc) is 3.40. The molecule has 1 aromatic carbocycles. The van der Waals surface area contributed by atoms with Gasteiger partial charge in [0.2, 0.25) is 0 Å². The number of benzene rings is 1. The summed E-state index contributed by atoms with van der Waals surface area (Å²) in [6.45, 7) is 4.02. The van der Waals surface area contributed by atoms with Gasteiger partial charge in [-0.25, -0.2) is 4.79 Å². The van der Waals surface area contributed by atoms with Gasteiger partial charge in [0.05, 0.1) is 0 Å². The number of hydrogen-bond acceptors (Lipinski definition) is 5. The second-order valence-corrected chi connectivity index (χ2v) is 7.30. The molecule has 4 heterocycles. The van der Waals surface area contributed by atoms with Gasteiger partial charge in [0.25, 0.3) is 0 Å². The van der Waals surface area contributed by atoms with E-state index in [1.807, 2.05) is 47.4 Å². The summed E-state index contributed by atoms with van der Waals surface area (Å²) >= 11 is 0. The van der Waals surface area contributed by atoms with Crippen LogP contribution in [0.3, 0.4) is 0 Å². The number of nitrogens with zero attached hydrogens (tertiary/aromatic N) is 6. The molecule has 0 radical (unpaired) electrons. The van der Waals surface area contributed by atoms with E-state index in [0.717, 1.165) is 43.2 Å². The summed E-state index contributed by atoms with van der Waals surface area (Å²) in [4.78, 5) is 16.7. The number of aromatic nitrogens is 4. The first kappa shape index (κ1) is 16.0. The highest BCUT2D eigenvalue weighted by atomic mass is 16.2. The molecule has 138 valence electrons. The first-order chi connectivity index (χ1) is 13.3. The maximum Gasteiger partial charge on any atom is 0.317 e. The first-order valence-electron chi connectivity index (χ1n) is 9.25. The van der Waals surface area contributed by atoms with Crippen molar-refractivity contribution in [3.05, 3.63) is 54.4 Å². The average molecular weight is 363 g/mol. The number of hydrogen-bond donors (Lipinski definition) is 1. The van der Waals surface area contributed by atoms with Gasteiger partial charge in [-0.15, -0.1) is 15.3 Å². The summed E-state index contributed by atoms with van der Waals surface area (Å²) in [5.74, 6) is 1.92. The summed E-state index contributed by atoms with van der Waals surface area (Å²) in [7, 11) is 0. The van der Waals surface area contributed by atoms with E-state index in [1.54, 1.807) is 10.8 Å². The van der Waals surface area contributed by atoms with Crippen molar-refractivity contribution in [3.63, 3.8) is 0 Å². The molecule has 2 aliphatic heterocycles. The largest absolute Gasteiger partial charge is 0.354 e. The quantitative estimate of drug-likeness (QED) is 0.761. The van der Waals surface area contributed by atoms with Crippen LogP contribution < -0.4 is 10.2 Å². The highest BCUT2D eigenvalue weighted by molar-refractivity contribution is 5.74. The Morgan fingerprint density at radius 1 is 1.04 bits per heavy atom. The van der Waals surface area contributed by atoms with Gasteiger partial charge < -0.3 is 15.1 Å². The van der Waals surface area contributed by atoms with Crippen LogP contribution in [0.15, 0.2) is 48.8 Å². The normalized spacial score (nSPS) is 21.6. The fourth-order valence-corrected chi connectivity index (χ4v) is 4.12. The monoisotopic (exact) mass is 363 g/mol. The number of urea groups is 1. The van der Waals surface area contributed by atoms with Crippen LogP contribution in [0.5, 0.6) is 0 Å². The Hall–Kier alpha value is -3.16. The topological polar surface area (TPSA) is 78.7 Å². The summed E-state index contributed by atoms with van der Waals surface area (Å²) in [6, 6.07) is 14.0. The molecule has 2 unspecified atom stereocenters. The molecule has 0 saturated carbocycles. The number of carbonyl (C=O) groups excluding carboxylic acids is 1. The van der Waals surface area contributed by atoms with Crippen molar-refractivity contribution in [1.29, 1.82) is 0 Å². The van der Waals surface area contributed by atoms with Crippen molar-refractivity contribution < 1.29 is 4.79 Å². The van der Waals surface area contributed by atoms with Crippen molar-refractivity contribution in [2.24, 2.45) is 11.8 Å². The van der Waals surface area contributed by atoms with Gasteiger partial charge in [0.15, 0.2) is 5.65 Å². The van der Waals surface area contributed by atoms with Crippen LogP contribution in [0, 0.1) is 11.8 Å². The van der Waals surface area contributed by atoms with Gasteiger partial charge in [-0.3, -0.25) is 0 Å². The van der Waals surface area contributed by atoms with Crippen LogP contribution >= 0.6 is 0 Å². The maximum atomic E-state index is 12.5. The van der Waals surface area contributed by atoms with Crippen LogP contribution in [0.1, 0.15) is 5.56 Å². The SMILES string of the molecule is O=C(NCc1ccccc1)N1CC2CN(c3ccc4nncn4n3)CC2C1. The fraction of sp³-hybridized carbons (Fsp3) is 0.368. The molecule has 5 rings (SSSR count). The molecule has 8 heteroatoms. The van der Waals surface area contributed by atoms with Crippen LogP contribution in [-0.2, 0) is 6.54 Å². The highest BCUT2D eigenvalue weighted by Crippen LogP contribution is 2.33. The number of amides is 2. The lowest BCUT2D eigenvalue weighted by Crippen LogP contribution is -2.40. The molecule has 2 amide bonds. The first-order valence-corrected chi connectivity index (χ1v) is 9.25. The van der Waals surface area contributed by atoms with E-state index in [0.29, 0.717) is 18.4 Å². The zero-order chi connectivity index (χ0) is 18.2. The van der Waals surface area contributed by atoms with E-state index in [1.165, 1.54) is 0 Å². The summed E-state index contributed by atoms with van der Waals surface area (Å²) in [5.41, 5.74) is 1.87. The third-order valence-corrected chi connectivity index (χ3v) is 5.53. The molecular formula is C19H21N7O. The van der Waals surface area contributed by atoms with E-state index >= 15 is 0 Å². The second kappa shape index (κ2) is 6.53. The summed E-state index contributed by atoms with van der Waals surface area (Å²) in [5, 5.41) is 15.5. The van der Waals surface area contributed by atoms with Crippen molar-refractivity contribution >= 4 is 17.5 Å². The third-order valence-electron chi connectivity index (χ3n) is 5.53. The van der Waals surface area contributed by atoms with Crippen LogP contribution in [0.4, 0.5) is 10.6 Å². The molecule has 2 atom stereocenters. The minimum absolute atomic E-state index is 0.0313. The third kappa shape index (κ3) is 3.07. The van der Waals surface area contributed by atoms with E-state index in [2.05, 4.69) is 25.5 Å². The van der Waals surface area contributed by atoms with Crippen molar-refractivity contribution in [2.75, 3.05) is 31.1 Å². The minimum Gasteiger partial charge on any atom is -0.354 e. The maximum absolute atomic E-state index is 12.5. The Morgan fingerprint density at radius 3 is 2.59 bits per heavy atom. The van der Waals surface area contributed by atoms with E-state index in [4.69, 9.17) is 0 Å². The number of fused-ring (bicyclic) bond motifs is 2. The van der Waals surface area contributed by atoms with Gasteiger partial charge in [0.1, 0.15) is 12.1 Å². The van der Waals surface area contributed by atoms with Crippen molar-refractivity contribution in [3.8, 4) is 0 Å². The molecule has 2 aromatic heterocycles. The molecule has 0 spiro atoms. The molecule has 0 bridgehead atoms. The molecule has 8 nitrogen and oxygen atoms in total. The standard InChI is InChI=1S/C19H21N7O/c27-19(20-8-14-4-2-1-3-5-14)25-11-15-9-24(10-16(15)12-25)18-7-6-17-22-21-13-26(17)23-18/h1-7,13,15-16H,8-12H2,(H,20,27). The van der Waals surface area contributed by atoms with E-state index < -0.39 is 0 Å². The fourth-order valence-electron chi connectivity index (χ4n) is 4.12. The molecule has 0 aliphatic carbocycles. The number of carbonyl (C=O) groups is 1. The lowest BCUT2D eigenvalue weighted by Gasteiger charge is -2.22. The zero-order valence-corrected chi connectivity index (χ0v) is 14.9. The number of anilines is 1.